The van der Waals surface area contributed by atoms with Crippen molar-refractivity contribution in [1.29, 1.82) is 0 Å². The topological polar surface area (TPSA) is 3.24 Å². The molecule has 0 fully saturated rings. The fourth-order valence-corrected chi connectivity index (χ4v) is 0.875. The zero-order valence-corrected chi connectivity index (χ0v) is 6.28. The van der Waals surface area contributed by atoms with Crippen molar-refractivity contribution in [1.82, 2.24) is 4.81 Å². The molecule has 0 N–H and O–H groups in total. The molecule has 0 aromatic heterocycles. The predicted molar refractivity (Wildman–Crippen MR) is 40.7 cm³/mol. The van der Waals surface area contributed by atoms with Gasteiger partial charge in [0.05, 0.1) is 0 Å². The number of nitrogens with zero attached hydrogens (tertiary/aromatic N) is 1. The molecule has 1 nitrogen and oxygen atoms in total. The monoisotopic (exact) mass is 113 g/mol. The third kappa shape index (κ3) is 4.19. The second-order valence-corrected chi connectivity index (χ2v) is 2.30. The Morgan fingerprint density at radius 2 is 1.50 bits per heavy atom. The van der Waals surface area contributed by atoms with Gasteiger partial charge in [-0.3, -0.25) is 0 Å². The first-order chi connectivity index (χ1) is 3.81. The molecular formula is C6H16BN. The smallest absolute Gasteiger partial charge is 0.185 e. The molecule has 0 spiro atoms. The molecule has 0 aromatic rings. The molecule has 0 amide bonds. The molecular weight excluding hydrogens is 96.9 g/mol. The Balaban J connectivity index is 2.92. The van der Waals surface area contributed by atoms with Gasteiger partial charge in [0.2, 0.25) is 0 Å². The first-order valence-corrected chi connectivity index (χ1v) is 3.49. The molecule has 0 saturated heterocycles. The van der Waals surface area contributed by atoms with Crippen LogP contribution in [0.15, 0.2) is 0 Å². The van der Waals surface area contributed by atoms with Crippen LogP contribution in [-0.4, -0.2) is 25.9 Å². The molecule has 0 saturated carbocycles. The molecule has 8 heavy (non-hydrogen) atoms. The molecule has 0 atom stereocenters. The van der Waals surface area contributed by atoms with Crippen molar-refractivity contribution in [3.63, 3.8) is 0 Å². The highest BCUT2D eigenvalue weighted by atomic mass is 15.0. The van der Waals surface area contributed by atoms with E-state index in [1.165, 1.54) is 25.9 Å². The average Bonchev–Trinajstić information content (AvgIpc) is 1.68. The third-order valence-electron chi connectivity index (χ3n) is 1.21. The van der Waals surface area contributed by atoms with Gasteiger partial charge in [-0.25, -0.2) is 0 Å². The van der Waals surface area contributed by atoms with Gasteiger partial charge in [-0.05, 0) is 25.9 Å². The molecule has 0 aliphatic rings. The van der Waals surface area contributed by atoms with E-state index in [-0.39, 0.29) is 0 Å². The zero-order valence-electron chi connectivity index (χ0n) is 6.28. The molecule has 0 aromatic carbocycles. The van der Waals surface area contributed by atoms with Gasteiger partial charge in [0.25, 0.3) is 0 Å². The van der Waals surface area contributed by atoms with E-state index < -0.39 is 0 Å². The molecule has 0 unspecified atom stereocenters. The third-order valence-corrected chi connectivity index (χ3v) is 1.21. The summed E-state index contributed by atoms with van der Waals surface area (Å²) in [5, 5.41) is 0. The summed E-state index contributed by atoms with van der Waals surface area (Å²) >= 11 is 0. The lowest BCUT2D eigenvalue weighted by atomic mass is 10.2. The van der Waals surface area contributed by atoms with Gasteiger partial charge in [-0.2, -0.15) is 0 Å². The van der Waals surface area contributed by atoms with Crippen molar-refractivity contribution in [2.75, 3.05) is 13.1 Å². The predicted octanol–water partition coefficient (Wildman–Crippen LogP) is 0.656. The summed E-state index contributed by atoms with van der Waals surface area (Å²) in [5.74, 6) is 0. The van der Waals surface area contributed by atoms with E-state index in [0.29, 0.717) is 0 Å². The Kier molecular flexibility index (Phi) is 5.18. The van der Waals surface area contributed by atoms with Crippen molar-refractivity contribution in [3.8, 4) is 0 Å². The van der Waals surface area contributed by atoms with Gasteiger partial charge in [0.1, 0.15) is 0 Å². The largest absolute Gasteiger partial charge is 0.349 e. The van der Waals surface area contributed by atoms with Crippen LogP contribution in [0.2, 0.25) is 0 Å². The van der Waals surface area contributed by atoms with Gasteiger partial charge in [-0.15, -0.1) is 0 Å². The van der Waals surface area contributed by atoms with Crippen LogP contribution in [-0.2, 0) is 0 Å². The maximum atomic E-state index is 2.36. The van der Waals surface area contributed by atoms with Crippen LogP contribution in [0.1, 0.15) is 26.7 Å². The van der Waals surface area contributed by atoms with E-state index in [0.717, 1.165) is 0 Å². The van der Waals surface area contributed by atoms with E-state index in [2.05, 4.69) is 26.6 Å². The molecule has 0 rings (SSSR count). The van der Waals surface area contributed by atoms with Crippen LogP contribution in [0.4, 0.5) is 0 Å². The van der Waals surface area contributed by atoms with Crippen LogP contribution in [0.25, 0.3) is 0 Å². The zero-order chi connectivity index (χ0) is 6.41. The molecule has 0 aliphatic heterocycles. The van der Waals surface area contributed by atoms with Crippen LogP contribution in [0.5, 0.6) is 0 Å². The second-order valence-electron chi connectivity index (χ2n) is 2.30. The van der Waals surface area contributed by atoms with Gasteiger partial charge < -0.3 is 4.81 Å². The lowest BCUT2D eigenvalue weighted by Crippen LogP contribution is -2.21. The molecule has 2 heteroatoms. The van der Waals surface area contributed by atoms with E-state index in [9.17, 15) is 0 Å². The number of rotatable bonds is 4. The minimum absolute atomic E-state index is 1.24. The Bertz CT molecular complexity index is 41.8. The van der Waals surface area contributed by atoms with Crippen molar-refractivity contribution in [3.05, 3.63) is 0 Å². The van der Waals surface area contributed by atoms with Gasteiger partial charge in [0, 0.05) is 0 Å². The summed E-state index contributed by atoms with van der Waals surface area (Å²) in [6.07, 6.45) is 2.55. The summed E-state index contributed by atoms with van der Waals surface area (Å²) in [4.78, 5) is 2.36. The molecule has 0 radical (unpaired) electrons. The van der Waals surface area contributed by atoms with Crippen molar-refractivity contribution < 1.29 is 0 Å². The van der Waals surface area contributed by atoms with Crippen LogP contribution in [0.3, 0.4) is 0 Å². The highest BCUT2D eigenvalue weighted by Gasteiger charge is 1.90. The van der Waals surface area contributed by atoms with Gasteiger partial charge in [-0.1, -0.05) is 13.8 Å². The summed E-state index contributed by atoms with van der Waals surface area (Å²) in [6, 6.07) is 0. The van der Waals surface area contributed by atoms with E-state index >= 15 is 0 Å². The second kappa shape index (κ2) is 5.17. The minimum atomic E-state index is 1.24. The lowest BCUT2D eigenvalue weighted by molar-refractivity contribution is 0.450. The first-order valence-electron chi connectivity index (χ1n) is 3.49. The average molecular weight is 113 g/mol. The first kappa shape index (κ1) is 8.02. The van der Waals surface area contributed by atoms with Gasteiger partial charge >= 0.3 is 0 Å². The number of hydrogen-bond acceptors (Lipinski definition) is 1. The van der Waals surface area contributed by atoms with E-state index in [1.807, 2.05) is 0 Å². The van der Waals surface area contributed by atoms with Crippen LogP contribution < -0.4 is 0 Å². The van der Waals surface area contributed by atoms with Crippen LogP contribution in [0, 0.1) is 0 Å². The highest BCUT2D eigenvalue weighted by Crippen LogP contribution is 1.86. The lowest BCUT2D eigenvalue weighted by Gasteiger charge is -2.13. The minimum Gasteiger partial charge on any atom is -0.349 e. The maximum Gasteiger partial charge on any atom is 0.185 e. The summed E-state index contributed by atoms with van der Waals surface area (Å²) < 4.78 is 0. The van der Waals surface area contributed by atoms with Crippen LogP contribution >= 0.6 is 0 Å². The summed E-state index contributed by atoms with van der Waals surface area (Å²) in [5.41, 5.74) is 0. The van der Waals surface area contributed by atoms with Crippen molar-refractivity contribution in [2.24, 2.45) is 0 Å². The molecule has 48 valence electrons. The maximum absolute atomic E-state index is 2.36. The normalized spacial score (nSPS) is 10.4. The molecule has 0 heterocycles. The van der Waals surface area contributed by atoms with Crippen molar-refractivity contribution in [2.45, 2.75) is 26.7 Å². The fourth-order valence-electron chi connectivity index (χ4n) is 0.875. The Labute approximate surface area is 53.5 Å². The Hall–Kier alpha value is 0.0249. The fraction of sp³-hybridized carbons (Fsp3) is 1.00. The number of hydrogen-bond donors (Lipinski definition) is 0. The highest BCUT2D eigenvalue weighted by molar-refractivity contribution is 6.04. The van der Waals surface area contributed by atoms with Gasteiger partial charge in [0.15, 0.2) is 7.98 Å². The van der Waals surface area contributed by atoms with E-state index in [4.69, 9.17) is 0 Å². The summed E-state index contributed by atoms with van der Waals surface area (Å²) in [7, 11) is 2.17. The SMILES string of the molecule is BN(CCC)CCC. The standard InChI is InChI=1S/C6H16BN/c1-3-5-8(7)6-4-2/h3-7H2,1-2H3. The van der Waals surface area contributed by atoms with E-state index in [1.54, 1.807) is 0 Å². The quantitative estimate of drug-likeness (QED) is 0.484. The Morgan fingerprint density at radius 3 is 1.75 bits per heavy atom. The van der Waals surface area contributed by atoms with Crippen molar-refractivity contribution >= 4 is 7.98 Å². The molecule has 0 bridgehead atoms. The molecule has 0 aliphatic carbocycles. The summed E-state index contributed by atoms with van der Waals surface area (Å²) in [6.45, 7) is 6.92. The Morgan fingerprint density at radius 1 is 1.12 bits per heavy atom.